The zero-order chi connectivity index (χ0) is 24.8. The smallest absolute Gasteiger partial charge is 0.321 e. The van der Waals surface area contributed by atoms with Crippen molar-refractivity contribution in [1.29, 1.82) is 0 Å². The van der Waals surface area contributed by atoms with E-state index in [9.17, 15) is 18.0 Å². The van der Waals surface area contributed by atoms with E-state index < -0.39 is 23.8 Å². The Kier molecular flexibility index (Phi) is 6.30. The molecule has 3 heterocycles. The molecule has 1 amide bonds. The zero-order valence-electron chi connectivity index (χ0n) is 20.1. The Morgan fingerprint density at radius 3 is 2.47 bits per heavy atom. The molecule has 34 heavy (non-hydrogen) atoms. The van der Waals surface area contributed by atoms with Gasteiger partial charge in [0.15, 0.2) is 5.69 Å². The van der Waals surface area contributed by atoms with Gasteiger partial charge < -0.3 is 5.32 Å². The fraction of sp³-hybridized carbons (Fsp3) is 0.565. The molecule has 0 aliphatic heterocycles. The summed E-state index contributed by atoms with van der Waals surface area (Å²) in [5, 5.41) is 15.8. The molecule has 11 heteroatoms. The maximum absolute atomic E-state index is 13.5. The summed E-state index contributed by atoms with van der Waals surface area (Å²) in [4.78, 5) is 13.3. The molecule has 0 radical (unpaired) electrons. The summed E-state index contributed by atoms with van der Waals surface area (Å²) in [6.07, 6.45) is -0.781. The Bertz CT molecular complexity index is 1220. The van der Waals surface area contributed by atoms with E-state index in [2.05, 4.69) is 20.6 Å². The average molecular weight is 478 g/mol. The second-order valence-electron chi connectivity index (χ2n) is 8.78. The number of rotatable bonds is 7. The Balaban J connectivity index is 1.60. The monoisotopic (exact) mass is 477 g/mol. The molecule has 0 bridgehead atoms. The summed E-state index contributed by atoms with van der Waals surface area (Å²) >= 11 is 0. The van der Waals surface area contributed by atoms with Crippen molar-refractivity contribution < 1.29 is 18.0 Å². The van der Waals surface area contributed by atoms with Crippen molar-refractivity contribution in [2.75, 3.05) is 5.32 Å². The van der Waals surface area contributed by atoms with Crippen LogP contribution in [0, 0.1) is 20.8 Å². The van der Waals surface area contributed by atoms with E-state index in [1.54, 1.807) is 13.8 Å². The predicted octanol–water partition coefficient (Wildman–Crippen LogP) is 4.37. The van der Waals surface area contributed by atoms with Crippen molar-refractivity contribution in [2.24, 2.45) is 0 Å². The van der Waals surface area contributed by atoms with Crippen LogP contribution in [0.1, 0.15) is 72.3 Å². The molecule has 8 nitrogen and oxygen atoms in total. The minimum atomic E-state index is -4.54. The number of fused-ring (bicyclic) bond motifs is 1. The van der Waals surface area contributed by atoms with Crippen molar-refractivity contribution in [2.45, 2.75) is 85.6 Å². The summed E-state index contributed by atoms with van der Waals surface area (Å²) in [5.74, 6) is -0.394. The number of aryl methyl sites for hydroxylation is 3. The Morgan fingerprint density at radius 1 is 1.12 bits per heavy atom. The van der Waals surface area contributed by atoms with Crippen LogP contribution in [-0.4, -0.2) is 35.2 Å². The lowest BCUT2D eigenvalue weighted by Gasteiger charge is -2.18. The molecule has 0 saturated heterocycles. The number of carbonyl (C=O) groups excluding carboxylic acids is 1. The van der Waals surface area contributed by atoms with Crippen LogP contribution in [-0.2, 0) is 36.9 Å². The first-order chi connectivity index (χ1) is 16.0. The van der Waals surface area contributed by atoms with Crippen molar-refractivity contribution in [3.63, 3.8) is 0 Å². The highest BCUT2D eigenvalue weighted by atomic mass is 19.4. The standard InChI is InChI=1S/C23H30F3N7O/c1-6-18(33-19-10-8-9-17(19)21(30-33)23(24,25)26)22(34)27-20-14(4)29-32(15(20)5)12-16-11-31(7-2)28-13(16)3/h11,18H,6-10,12H2,1-5H3,(H,27,34)/t18-/m1/s1. The van der Waals surface area contributed by atoms with Crippen molar-refractivity contribution in [3.05, 3.63) is 45.8 Å². The van der Waals surface area contributed by atoms with Crippen molar-refractivity contribution in [1.82, 2.24) is 29.3 Å². The van der Waals surface area contributed by atoms with Crippen LogP contribution in [0.2, 0.25) is 0 Å². The third-order valence-electron chi connectivity index (χ3n) is 6.53. The summed E-state index contributed by atoms with van der Waals surface area (Å²) in [7, 11) is 0. The van der Waals surface area contributed by atoms with Crippen LogP contribution in [0.25, 0.3) is 0 Å². The molecular formula is C23H30F3N7O. The minimum Gasteiger partial charge on any atom is -0.321 e. The molecule has 3 aromatic heterocycles. The van der Waals surface area contributed by atoms with Gasteiger partial charge in [0, 0.05) is 29.6 Å². The van der Waals surface area contributed by atoms with E-state index in [-0.39, 0.29) is 5.56 Å². The number of hydrogen-bond donors (Lipinski definition) is 1. The first-order valence-corrected chi connectivity index (χ1v) is 11.6. The zero-order valence-corrected chi connectivity index (χ0v) is 20.1. The SMILES string of the molecule is CC[C@H](C(=O)Nc1c(C)nn(Cc2cn(CC)nc2C)c1C)n1nc(C(F)(F)F)c2c1CCC2. The molecule has 0 unspecified atom stereocenters. The lowest BCUT2D eigenvalue weighted by molar-refractivity contribution is -0.142. The first kappa shape index (κ1) is 24.0. The van der Waals surface area contributed by atoms with Gasteiger partial charge in [-0.3, -0.25) is 18.8 Å². The molecule has 0 saturated carbocycles. The highest BCUT2D eigenvalue weighted by Gasteiger charge is 2.41. The lowest BCUT2D eigenvalue weighted by atomic mass is 10.1. The number of amides is 1. The van der Waals surface area contributed by atoms with Crippen molar-refractivity contribution >= 4 is 11.6 Å². The van der Waals surface area contributed by atoms with Crippen LogP contribution in [0.3, 0.4) is 0 Å². The van der Waals surface area contributed by atoms with Crippen LogP contribution >= 0.6 is 0 Å². The molecule has 0 spiro atoms. The van der Waals surface area contributed by atoms with Crippen LogP contribution in [0.15, 0.2) is 6.20 Å². The van der Waals surface area contributed by atoms with Gasteiger partial charge in [0.1, 0.15) is 6.04 Å². The predicted molar refractivity (Wildman–Crippen MR) is 121 cm³/mol. The topological polar surface area (TPSA) is 82.6 Å². The Labute approximate surface area is 196 Å². The van der Waals surface area contributed by atoms with Crippen molar-refractivity contribution in [3.8, 4) is 0 Å². The largest absolute Gasteiger partial charge is 0.435 e. The fourth-order valence-corrected chi connectivity index (χ4v) is 4.70. The highest BCUT2D eigenvalue weighted by Crippen LogP contribution is 2.38. The van der Waals surface area contributed by atoms with E-state index in [1.165, 1.54) is 4.68 Å². The van der Waals surface area contributed by atoms with Gasteiger partial charge in [0.25, 0.3) is 0 Å². The van der Waals surface area contributed by atoms with Gasteiger partial charge in [0.2, 0.25) is 5.91 Å². The molecule has 3 aromatic rings. The number of halogens is 3. The van der Waals surface area contributed by atoms with E-state index in [4.69, 9.17) is 0 Å². The lowest BCUT2D eigenvalue weighted by Crippen LogP contribution is -2.28. The molecule has 0 fully saturated rings. The second-order valence-corrected chi connectivity index (χ2v) is 8.78. The van der Waals surface area contributed by atoms with E-state index >= 15 is 0 Å². The fourth-order valence-electron chi connectivity index (χ4n) is 4.70. The van der Waals surface area contributed by atoms with Crippen LogP contribution < -0.4 is 5.32 Å². The number of anilines is 1. The Hall–Kier alpha value is -3.11. The highest BCUT2D eigenvalue weighted by molar-refractivity contribution is 5.94. The van der Waals surface area contributed by atoms with Gasteiger partial charge in [-0.05, 0) is 53.4 Å². The van der Waals surface area contributed by atoms with Crippen LogP contribution in [0.5, 0.6) is 0 Å². The molecule has 0 aromatic carbocycles. The number of hydrogen-bond acceptors (Lipinski definition) is 4. The quantitative estimate of drug-likeness (QED) is 0.548. The molecule has 184 valence electrons. The molecule has 1 N–H and O–H groups in total. The molecule has 1 atom stereocenters. The van der Waals surface area contributed by atoms with E-state index in [0.29, 0.717) is 49.3 Å². The van der Waals surface area contributed by atoms with Gasteiger partial charge in [0.05, 0.1) is 29.3 Å². The molecule has 4 rings (SSSR count). The normalized spacial score (nSPS) is 14.5. The number of carbonyl (C=O) groups is 1. The van der Waals surface area contributed by atoms with E-state index in [0.717, 1.165) is 23.5 Å². The minimum absolute atomic E-state index is 0.224. The molecular weight excluding hydrogens is 447 g/mol. The van der Waals surface area contributed by atoms with Gasteiger partial charge in [-0.1, -0.05) is 6.92 Å². The van der Waals surface area contributed by atoms with Gasteiger partial charge in [-0.2, -0.15) is 28.5 Å². The summed E-state index contributed by atoms with van der Waals surface area (Å²) < 4.78 is 45.5. The summed E-state index contributed by atoms with van der Waals surface area (Å²) in [5.41, 5.74) is 3.80. The molecule has 1 aliphatic carbocycles. The third-order valence-corrected chi connectivity index (χ3v) is 6.53. The van der Waals surface area contributed by atoms with Crippen LogP contribution in [0.4, 0.5) is 18.9 Å². The Morgan fingerprint density at radius 2 is 1.85 bits per heavy atom. The third kappa shape index (κ3) is 4.23. The van der Waals surface area contributed by atoms with Gasteiger partial charge >= 0.3 is 6.18 Å². The summed E-state index contributed by atoms with van der Waals surface area (Å²) in [6.45, 7) is 10.7. The maximum atomic E-state index is 13.5. The van der Waals surface area contributed by atoms with E-state index in [1.807, 2.05) is 36.3 Å². The number of aromatic nitrogens is 6. The van der Waals surface area contributed by atoms with Gasteiger partial charge in [-0.25, -0.2) is 0 Å². The number of nitrogens with zero attached hydrogens (tertiary/aromatic N) is 6. The average Bonchev–Trinajstić information content (AvgIpc) is 3.51. The molecule has 1 aliphatic rings. The first-order valence-electron chi connectivity index (χ1n) is 11.6. The number of alkyl halides is 3. The maximum Gasteiger partial charge on any atom is 0.435 e. The second kappa shape index (κ2) is 8.92. The van der Waals surface area contributed by atoms with Gasteiger partial charge in [-0.15, -0.1) is 0 Å². The number of nitrogens with one attached hydrogen (secondary N) is 1. The summed E-state index contributed by atoms with van der Waals surface area (Å²) in [6, 6.07) is -0.838.